The molecule has 0 radical (unpaired) electrons. The van der Waals surface area contributed by atoms with Gasteiger partial charge in [-0.05, 0) is 42.8 Å². The van der Waals surface area contributed by atoms with E-state index in [9.17, 15) is 0 Å². The van der Waals surface area contributed by atoms with Crippen LogP contribution in [-0.4, -0.2) is 6.61 Å². The van der Waals surface area contributed by atoms with E-state index < -0.39 is 0 Å². The SMILES string of the molecule is CCOc1ccc(Br)cc1C(Cl)c1ccc(Br)cc1Br. The third-order valence-electron chi connectivity index (χ3n) is 2.78. The minimum Gasteiger partial charge on any atom is -0.494 e. The standard InChI is InChI=1S/C15H12Br3ClO/c1-2-20-14-6-4-9(16)7-12(14)15(19)11-5-3-10(17)8-13(11)18/h3-8,15H,2H2,1H3. The van der Waals surface area contributed by atoms with Gasteiger partial charge in [-0.25, -0.2) is 0 Å². The van der Waals surface area contributed by atoms with Crippen molar-refractivity contribution in [2.24, 2.45) is 0 Å². The highest BCUT2D eigenvalue weighted by atomic mass is 79.9. The van der Waals surface area contributed by atoms with Gasteiger partial charge in [0.2, 0.25) is 0 Å². The third-order valence-corrected chi connectivity index (χ3v) is 4.92. The number of benzene rings is 2. The topological polar surface area (TPSA) is 9.23 Å². The highest BCUT2D eigenvalue weighted by Crippen LogP contribution is 2.40. The average Bonchev–Trinajstić information content (AvgIpc) is 2.40. The summed E-state index contributed by atoms with van der Waals surface area (Å²) in [5.41, 5.74) is 1.96. The zero-order chi connectivity index (χ0) is 14.7. The average molecular weight is 483 g/mol. The second-order valence-electron chi connectivity index (χ2n) is 4.14. The molecular formula is C15H12Br3ClO. The number of alkyl halides is 1. The zero-order valence-corrected chi connectivity index (χ0v) is 16.2. The van der Waals surface area contributed by atoms with Gasteiger partial charge in [0, 0.05) is 19.0 Å². The Bertz CT molecular complexity index is 616. The summed E-state index contributed by atoms with van der Waals surface area (Å²) in [6, 6.07) is 11.9. The Kier molecular flexibility index (Phi) is 5.96. The van der Waals surface area contributed by atoms with Crippen LogP contribution in [0.5, 0.6) is 5.75 Å². The Morgan fingerprint density at radius 1 is 1.00 bits per heavy atom. The lowest BCUT2D eigenvalue weighted by Gasteiger charge is -2.17. The molecule has 0 heterocycles. The molecule has 0 aliphatic carbocycles. The molecule has 20 heavy (non-hydrogen) atoms. The van der Waals surface area contributed by atoms with Gasteiger partial charge in [-0.2, -0.15) is 0 Å². The van der Waals surface area contributed by atoms with Crippen molar-refractivity contribution < 1.29 is 4.74 Å². The molecule has 0 fully saturated rings. The van der Waals surface area contributed by atoms with Crippen LogP contribution in [0.1, 0.15) is 23.4 Å². The van der Waals surface area contributed by atoms with Crippen LogP contribution in [0.25, 0.3) is 0 Å². The normalized spacial score (nSPS) is 12.2. The second-order valence-corrected chi connectivity index (χ2v) is 7.27. The Labute approximate surface area is 149 Å². The van der Waals surface area contributed by atoms with Gasteiger partial charge in [0.15, 0.2) is 0 Å². The molecule has 0 amide bonds. The van der Waals surface area contributed by atoms with Gasteiger partial charge in [0.25, 0.3) is 0 Å². The first-order valence-electron chi connectivity index (χ1n) is 6.04. The van der Waals surface area contributed by atoms with Crippen molar-refractivity contribution in [1.29, 1.82) is 0 Å². The van der Waals surface area contributed by atoms with E-state index in [-0.39, 0.29) is 5.38 Å². The molecule has 2 rings (SSSR count). The Hall–Kier alpha value is -0.0300. The van der Waals surface area contributed by atoms with E-state index in [4.69, 9.17) is 16.3 Å². The Balaban J connectivity index is 2.46. The molecule has 1 unspecified atom stereocenters. The maximum absolute atomic E-state index is 6.66. The fraction of sp³-hybridized carbons (Fsp3) is 0.200. The summed E-state index contributed by atoms with van der Waals surface area (Å²) in [6.45, 7) is 2.57. The highest BCUT2D eigenvalue weighted by molar-refractivity contribution is 9.11. The van der Waals surface area contributed by atoms with Crippen LogP contribution in [0, 0.1) is 0 Å². The van der Waals surface area contributed by atoms with Gasteiger partial charge in [0.05, 0.1) is 12.0 Å². The first-order chi connectivity index (χ1) is 9.52. The first-order valence-corrected chi connectivity index (χ1v) is 8.85. The minimum atomic E-state index is -0.281. The second kappa shape index (κ2) is 7.30. The van der Waals surface area contributed by atoms with E-state index >= 15 is 0 Å². The largest absolute Gasteiger partial charge is 0.494 e. The molecule has 1 atom stereocenters. The molecule has 2 aromatic rings. The van der Waals surface area contributed by atoms with Gasteiger partial charge in [-0.3, -0.25) is 0 Å². The van der Waals surface area contributed by atoms with Crippen molar-refractivity contribution in [2.45, 2.75) is 12.3 Å². The molecule has 0 spiro atoms. The number of hydrogen-bond acceptors (Lipinski definition) is 1. The third kappa shape index (κ3) is 3.79. The van der Waals surface area contributed by atoms with E-state index in [1.54, 1.807) is 0 Å². The molecule has 0 saturated carbocycles. The van der Waals surface area contributed by atoms with E-state index in [0.29, 0.717) is 6.61 Å². The first kappa shape index (κ1) is 16.3. The van der Waals surface area contributed by atoms with Crippen LogP contribution >= 0.6 is 59.4 Å². The fourth-order valence-corrected chi connectivity index (χ4v) is 4.03. The minimum absolute atomic E-state index is 0.281. The van der Waals surface area contributed by atoms with Gasteiger partial charge in [-0.1, -0.05) is 53.9 Å². The zero-order valence-electron chi connectivity index (χ0n) is 10.7. The lowest BCUT2D eigenvalue weighted by Crippen LogP contribution is -2.01. The Morgan fingerprint density at radius 3 is 2.30 bits per heavy atom. The van der Waals surface area contributed by atoms with Crippen LogP contribution < -0.4 is 4.74 Å². The summed E-state index contributed by atoms with van der Waals surface area (Å²) in [6.07, 6.45) is 0. The fourth-order valence-electron chi connectivity index (χ4n) is 1.88. The molecule has 0 aliphatic heterocycles. The predicted octanol–water partition coefficient (Wildman–Crippen LogP) is 6.70. The van der Waals surface area contributed by atoms with Gasteiger partial charge in [-0.15, -0.1) is 11.6 Å². The summed E-state index contributed by atoms with van der Waals surface area (Å²) >= 11 is 17.1. The molecule has 5 heteroatoms. The summed E-state index contributed by atoms with van der Waals surface area (Å²) in [4.78, 5) is 0. The number of rotatable bonds is 4. The van der Waals surface area contributed by atoms with Gasteiger partial charge < -0.3 is 4.74 Å². The molecule has 0 bridgehead atoms. The van der Waals surface area contributed by atoms with Gasteiger partial charge >= 0.3 is 0 Å². The summed E-state index contributed by atoms with van der Waals surface area (Å²) in [5.74, 6) is 0.811. The predicted molar refractivity (Wildman–Crippen MR) is 94.8 cm³/mol. The highest BCUT2D eigenvalue weighted by Gasteiger charge is 2.19. The Morgan fingerprint density at radius 2 is 1.65 bits per heavy atom. The monoisotopic (exact) mass is 480 g/mol. The number of halogens is 4. The lowest BCUT2D eigenvalue weighted by atomic mass is 10.0. The molecule has 106 valence electrons. The molecule has 2 aromatic carbocycles. The smallest absolute Gasteiger partial charge is 0.124 e. The quantitative estimate of drug-likeness (QED) is 0.440. The van der Waals surface area contributed by atoms with Crippen molar-refractivity contribution >= 4 is 59.4 Å². The van der Waals surface area contributed by atoms with Crippen LogP contribution in [-0.2, 0) is 0 Å². The van der Waals surface area contributed by atoms with Crippen molar-refractivity contribution in [3.05, 3.63) is 60.9 Å². The van der Waals surface area contributed by atoms with Crippen LogP contribution in [0.15, 0.2) is 49.8 Å². The van der Waals surface area contributed by atoms with E-state index in [2.05, 4.69) is 47.8 Å². The number of ether oxygens (including phenoxy) is 1. The van der Waals surface area contributed by atoms with Crippen molar-refractivity contribution in [3.63, 3.8) is 0 Å². The van der Waals surface area contributed by atoms with Crippen molar-refractivity contribution in [1.82, 2.24) is 0 Å². The summed E-state index contributed by atoms with van der Waals surface area (Å²) in [7, 11) is 0. The van der Waals surface area contributed by atoms with E-state index in [0.717, 1.165) is 30.3 Å². The van der Waals surface area contributed by atoms with Gasteiger partial charge in [0.1, 0.15) is 5.75 Å². The summed E-state index contributed by atoms with van der Waals surface area (Å²) < 4.78 is 8.63. The van der Waals surface area contributed by atoms with E-state index in [1.807, 2.05) is 43.3 Å². The molecular weight excluding hydrogens is 471 g/mol. The van der Waals surface area contributed by atoms with Crippen LogP contribution in [0.4, 0.5) is 0 Å². The van der Waals surface area contributed by atoms with Crippen molar-refractivity contribution in [3.8, 4) is 5.75 Å². The molecule has 1 nitrogen and oxygen atoms in total. The van der Waals surface area contributed by atoms with Crippen molar-refractivity contribution in [2.75, 3.05) is 6.61 Å². The van der Waals surface area contributed by atoms with Crippen LogP contribution in [0.3, 0.4) is 0 Å². The maximum Gasteiger partial charge on any atom is 0.124 e. The molecule has 0 saturated heterocycles. The molecule has 0 aromatic heterocycles. The molecule has 0 aliphatic rings. The lowest BCUT2D eigenvalue weighted by molar-refractivity contribution is 0.337. The molecule has 0 N–H and O–H groups in total. The van der Waals surface area contributed by atoms with Crippen LogP contribution in [0.2, 0.25) is 0 Å². The number of hydrogen-bond donors (Lipinski definition) is 0. The maximum atomic E-state index is 6.66. The summed E-state index contributed by atoms with van der Waals surface area (Å²) in [5, 5.41) is -0.281. The van der Waals surface area contributed by atoms with E-state index in [1.165, 1.54) is 0 Å².